The van der Waals surface area contributed by atoms with Gasteiger partial charge in [0.1, 0.15) is 5.82 Å². The molecule has 3 heterocycles. The Labute approximate surface area is 163 Å². The number of hydrogen-bond acceptors (Lipinski definition) is 8. The third kappa shape index (κ3) is 5.29. The van der Waals surface area contributed by atoms with Crippen molar-refractivity contribution in [3.05, 3.63) is 35.7 Å². The molecule has 0 atom stereocenters. The van der Waals surface area contributed by atoms with Crippen molar-refractivity contribution in [3.63, 3.8) is 0 Å². The first-order valence-electron chi connectivity index (χ1n) is 9.39. The van der Waals surface area contributed by atoms with Crippen LogP contribution in [-0.4, -0.2) is 66.2 Å². The number of ether oxygens (including phenoxy) is 1. The van der Waals surface area contributed by atoms with Crippen molar-refractivity contribution < 1.29 is 18.8 Å². The van der Waals surface area contributed by atoms with Gasteiger partial charge in [-0.15, -0.1) is 0 Å². The lowest BCUT2D eigenvalue weighted by atomic mass is 10.2. The molecule has 0 spiro atoms. The van der Waals surface area contributed by atoms with Crippen LogP contribution in [0.2, 0.25) is 0 Å². The summed E-state index contributed by atoms with van der Waals surface area (Å²) in [5.41, 5.74) is 1.17. The van der Waals surface area contributed by atoms with E-state index in [1.165, 1.54) is 0 Å². The molecular weight excluding hydrogens is 362 g/mol. The van der Waals surface area contributed by atoms with Crippen LogP contribution in [0.4, 0.5) is 11.7 Å². The quantitative estimate of drug-likeness (QED) is 0.748. The summed E-state index contributed by atoms with van der Waals surface area (Å²) in [5, 5.41) is 6.48. The van der Waals surface area contributed by atoms with Crippen LogP contribution in [0, 0.1) is 6.92 Å². The van der Waals surface area contributed by atoms with E-state index in [9.17, 15) is 9.59 Å². The van der Waals surface area contributed by atoms with Gasteiger partial charge in [0, 0.05) is 38.4 Å². The minimum atomic E-state index is -0.364. The van der Waals surface area contributed by atoms with Crippen LogP contribution >= 0.6 is 0 Å². The maximum atomic E-state index is 12.2. The molecule has 1 aliphatic heterocycles. The average molecular weight is 387 g/mol. The topological polar surface area (TPSA) is 101 Å². The summed E-state index contributed by atoms with van der Waals surface area (Å²) in [6.07, 6.45) is 2.46. The highest BCUT2D eigenvalue weighted by Crippen LogP contribution is 2.15. The summed E-state index contributed by atoms with van der Waals surface area (Å²) in [6, 6.07) is 5.25. The normalized spacial score (nSPS) is 15.1. The van der Waals surface area contributed by atoms with Crippen LogP contribution in [0.15, 0.2) is 28.9 Å². The second-order valence-electron chi connectivity index (χ2n) is 6.62. The van der Waals surface area contributed by atoms with Gasteiger partial charge in [0.25, 0.3) is 0 Å². The first kappa shape index (κ1) is 19.8. The predicted octanol–water partition coefficient (Wildman–Crippen LogP) is 1.71. The lowest BCUT2D eigenvalue weighted by molar-refractivity contribution is -0.117. The standard InChI is InChI=1S/C19H25N5O4/c1-3-27-19(26)15-5-6-16(20-12-15)24-8-4-7-23(9-10-24)13-17(25)21-18-11-14(2)22-28-18/h5-6,11-12H,3-4,7-10,13H2,1-2H3,(H,21,25). The van der Waals surface area contributed by atoms with E-state index in [-0.39, 0.29) is 11.9 Å². The van der Waals surface area contributed by atoms with Gasteiger partial charge >= 0.3 is 5.97 Å². The smallest absolute Gasteiger partial charge is 0.339 e. The van der Waals surface area contributed by atoms with E-state index < -0.39 is 0 Å². The SMILES string of the molecule is CCOC(=O)c1ccc(N2CCCN(CC(=O)Nc3cc(C)no3)CC2)nc1. The minimum absolute atomic E-state index is 0.124. The molecule has 0 aromatic carbocycles. The number of anilines is 2. The molecule has 0 aliphatic carbocycles. The molecule has 3 rings (SSSR count). The van der Waals surface area contributed by atoms with Gasteiger partial charge in [0.15, 0.2) is 0 Å². The molecule has 0 saturated carbocycles. The van der Waals surface area contributed by atoms with E-state index in [1.54, 1.807) is 32.2 Å². The fourth-order valence-corrected chi connectivity index (χ4v) is 3.07. The van der Waals surface area contributed by atoms with Crippen LogP contribution in [0.3, 0.4) is 0 Å². The van der Waals surface area contributed by atoms with Gasteiger partial charge in [-0.05, 0) is 32.4 Å². The van der Waals surface area contributed by atoms with E-state index in [0.717, 1.165) is 44.1 Å². The third-order valence-corrected chi connectivity index (χ3v) is 4.43. The number of aromatic nitrogens is 2. The molecule has 0 bridgehead atoms. The van der Waals surface area contributed by atoms with Crippen molar-refractivity contribution in [1.29, 1.82) is 0 Å². The molecule has 1 aliphatic rings. The van der Waals surface area contributed by atoms with E-state index in [0.29, 0.717) is 24.6 Å². The van der Waals surface area contributed by atoms with Crippen molar-refractivity contribution >= 4 is 23.6 Å². The lowest BCUT2D eigenvalue weighted by Crippen LogP contribution is -2.36. The number of amides is 1. The number of nitrogens with one attached hydrogen (secondary N) is 1. The molecule has 1 fully saturated rings. The molecule has 28 heavy (non-hydrogen) atoms. The zero-order chi connectivity index (χ0) is 19.9. The molecule has 1 amide bonds. The molecule has 2 aromatic heterocycles. The molecular formula is C19H25N5O4. The molecule has 1 N–H and O–H groups in total. The Bertz CT molecular complexity index is 805. The van der Waals surface area contributed by atoms with Gasteiger partial charge in [-0.1, -0.05) is 5.16 Å². The van der Waals surface area contributed by atoms with Gasteiger partial charge in [-0.25, -0.2) is 9.78 Å². The van der Waals surface area contributed by atoms with Crippen molar-refractivity contribution in [2.75, 3.05) is 49.5 Å². The number of hydrogen-bond donors (Lipinski definition) is 1. The number of nitrogens with zero attached hydrogens (tertiary/aromatic N) is 4. The predicted molar refractivity (Wildman–Crippen MR) is 103 cm³/mol. The summed E-state index contributed by atoms with van der Waals surface area (Å²) in [6.45, 7) is 7.36. The van der Waals surface area contributed by atoms with E-state index in [1.807, 2.05) is 6.07 Å². The van der Waals surface area contributed by atoms with Crippen LogP contribution in [0.25, 0.3) is 0 Å². The van der Waals surface area contributed by atoms with Crippen molar-refractivity contribution in [2.45, 2.75) is 20.3 Å². The molecule has 0 unspecified atom stereocenters. The number of esters is 1. The Morgan fingerprint density at radius 1 is 1.25 bits per heavy atom. The molecule has 0 radical (unpaired) electrons. The van der Waals surface area contributed by atoms with Crippen molar-refractivity contribution in [3.8, 4) is 0 Å². The lowest BCUT2D eigenvalue weighted by Gasteiger charge is -2.22. The molecule has 9 heteroatoms. The Kier molecular flexibility index (Phi) is 6.59. The van der Waals surface area contributed by atoms with Gasteiger partial charge < -0.3 is 14.2 Å². The number of aryl methyl sites for hydroxylation is 1. The zero-order valence-electron chi connectivity index (χ0n) is 16.2. The second kappa shape index (κ2) is 9.32. The van der Waals surface area contributed by atoms with Crippen molar-refractivity contribution in [2.24, 2.45) is 0 Å². The average Bonchev–Trinajstić information content (AvgIpc) is 2.94. The molecule has 1 saturated heterocycles. The Hall–Kier alpha value is -2.94. The molecule has 9 nitrogen and oxygen atoms in total. The zero-order valence-corrected chi connectivity index (χ0v) is 16.2. The highest BCUT2D eigenvalue weighted by molar-refractivity contribution is 5.91. The summed E-state index contributed by atoms with van der Waals surface area (Å²) >= 11 is 0. The maximum absolute atomic E-state index is 12.2. The number of carbonyl (C=O) groups excluding carboxylic acids is 2. The van der Waals surface area contributed by atoms with Crippen LogP contribution in [0.1, 0.15) is 29.4 Å². The minimum Gasteiger partial charge on any atom is -0.462 e. The first-order valence-corrected chi connectivity index (χ1v) is 9.39. The van der Waals surface area contributed by atoms with E-state index in [4.69, 9.17) is 9.26 Å². The van der Waals surface area contributed by atoms with E-state index in [2.05, 4.69) is 25.3 Å². The first-order chi connectivity index (χ1) is 13.5. The van der Waals surface area contributed by atoms with E-state index >= 15 is 0 Å². The van der Waals surface area contributed by atoms with Gasteiger partial charge in [0.2, 0.25) is 11.8 Å². The molecule has 2 aromatic rings. The Morgan fingerprint density at radius 3 is 2.79 bits per heavy atom. The fourth-order valence-electron chi connectivity index (χ4n) is 3.07. The van der Waals surface area contributed by atoms with Gasteiger partial charge in [-0.3, -0.25) is 15.0 Å². The van der Waals surface area contributed by atoms with Crippen LogP contribution in [0.5, 0.6) is 0 Å². The Balaban J connectivity index is 1.51. The van der Waals surface area contributed by atoms with Crippen LogP contribution < -0.4 is 10.2 Å². The summed E-state index contributed by atoms with van der Waals surface area (Å²) < 4.78 is 10.00. The highest BCUT2D eigenvalue weighted by Gasteiger charge is 2.19. The summed E-state index contributed by atoms with van der Waals surface area (Å²) in [5.74, 6) is 0.694. The fraction of sp³-hybridized carbons (Fsp3) is 0.474. The second-order valence-corrected chi connectivity index (χ2v) is 6.62. The van der Waals surface area contributed by atoms with Gasteiger partial charge in [0.05, 0.1) is 24.4 Å². The van der Waals surface area contributed by atoms with Gasteiger partial charge in [-0.2, -0.15) is 0 Å². The monoisotopic (exact) mass is 387 g/mol. The summed E-state index contributed by atoms with van der Waals surface area (Å²) in [4.78, 5) is 32.6. The highest BCUT2D eigenvalue weighted by atomic mass is 16.5. The van der Waals surface area contributed by atoms with Crippen LogP contribution in [-0.2, 0) is 9.53 Å². The molecule has 150 valence electrons. The Morgan fingerprint density at radius 2 is 2.11 bits per heavy atom. The number of pyridine rings is 1. The maximum Gasteiger partial charge on any atom is 0.339 e. The third-order valence-electron chi connectivity index (χ3n) is 4.43. The number of rotatable bonds is 6. The number of carbonyl (C=O) groups is 2. The van der Waals surface area contributed by atoms with Crippen molar-refractivity contribution in [1.82, 2.24) is 15.0 Å². The summed E-state index contributed by atoms with van der Waals surface area (Å²) in [7, 11) is 0. The largest absolute Gasteiger partial charge is 0.462 e.